The van der Waals surface area contributed by atoms with Crippen LogP contribution in [0, 0.1) is 5.41 Å². The SMILES string of the molecule is COc1ccc(C(=O)CCCC(=O)N2CCN(CC(C)(C)C)CC2)cc1. The van der Waals surface area contributed by atoms with Gasteiger partial charge in [-0.1, -0.05) is 20.8 Å². The molecule has 0 aliphatic carbocycles. The zero-order valence-corrected chi connectivity index (χ0v) is 16.6. The minimum Gasteiger partial charge on any atom is -0.497 e. The predicted octanol–water partition coefficient (Wildman–Crippen LogP) is 3.24. The molecule has 1 amide bonds. The van der Waals surface area contributed by atoms with Crippen molar-refractivity contribution in [1.82, 2.24) is 9.80 Å². The molecule has 1 aliphatic heterocycles. The van der Waals surface area contributed by atoms with Crippen LogP contribution in [0.1, 0.15) is 50.4 Å². The lowest BCUT2D eigenvalue weighted by Crippen LogP contribution is -2.50. The van der Waals surface area contributed by atoms with Crippen LogP contribution in [0.5, 0.6) is 5.75 Å². The number of amides is 1. The summed E-state index contributed by atoms with van der Waals surface area (Å²) < 4.78 is 5.10. The van der Waals surface area contributed by atoms with Crippen LogP contribution in [-0.2, 0) is 4.79 Å². The number of piperazine rings is 1. The Morgan fingerprint density at radius 3 is 2.15 bits per heavy atom. The number of hydrogen-bond acceptors (Lipinski definition) is 4. The lowest BCUT2D eigenvalue weighted by atomic mass is 9.96. The van der Waals surface area contributed by atoms with E-state index in [0.29, 0.717) is 24.8 Å². The molecule has 2 rings (SSSR count). The monoisotopic (exact) mass is 360 g/mol. The third-order valence-corrected chi connectivity index (χ3v) is 4.63. The topological polar surface area (TPSA) is 49.9 Å². The van der Waals surface area contributed by atoms with Gasteiger partial charge in [0.2, 0.25) is 5.91 Å². The molecule has 0 bridgehead atoms. The molecule has 0 aromatic heterocycles. The normalized spacial score (nSPS) is 15.8. The molecule has 5 nitrogen and oxygen atoms in total. The van der Waals surface area contributed by atoms with Crippen molar-refractivity contribution in [2.75, 3.05) is 39.8 Å². The highest BCUT2D eigenvalue weighted by atomic mass is 16.5. The zero-order valence-electron chi connectivity index (χ0n) is 16.6. The molecular formula is C21H32N2O3. The number of hydrogen-bond donors (Lipinski definition) is 0. The van der Waals surface area contributed by atoms with Gasteiger partial charge in [0.05, 0.1) is 7.11 Å². The highest BCUT2D eigenvalue weighted by molar-refractivity contribution is 5.96. The number of carbonyl (C=O) groups is 2. The summed E-state index contributed by atoms with van der Waals surface area (Å²) in [6.45, 7) is 11.2. The maximum absolute atomic E-state index is 12.4. The van der Waals surface area contributed by atoms with Crippen molar-refractivity contribution in [3.05, 3.63) is 29.8 Å². The van der Waals surface area contributed by atoms with Crippen LogP contribution < -0.4 is 4.74 Å². The number of carbonyl (C=O) groups excluding carboxylic acids is 2. The summed E-state index contributed by atoms with van der Waals surface area (Å²) in [6.07, 6.45) is 1.45. The van der Waals surface area contributed by atoms with E-state index in [1.165, 1.54) is 0 Å². The highest BCUT2D eigenvalue weighted by Gasteiger charge is 2.23. The molecule has 1 fully saturated rings. The molecule has 1 heterocycles. The summed E-state index contributed by atoms with van der Waals surface area (Å²) >= 11 is 0. The van der Waals surface area contributed by atoms with E-state index in [2.05, 4.69) is 25.7 Å². The quantitative estimate of drug-likeness (QED) is 0.701. The van der Waals surface area contributed by atoms with Gasteiger partial charge in [-0.2, -0.15) is 0 Å². The van der Waals surface area contributed by atoms with Gasteiger partial charge < -0.3 is 9.64 Å². The molecule has 0 unspecified atom stereocenters. The van der Waals surface area contributed by atoms with E-state index < -0.39 is 0 Å². The van der Waals surface area contributed by atoms with E-state index in [9.17, 15) is 9.59 Å². The second kappa shape index (κ2) is 9.17. The average molecular weight is 360 g/mol. The smallest absolute Gasteiger partial charge is 0.222 e. The Balaban J connectivity index is 1.69. The summed E-state index contributed by atoms with van der Waals surface area (Å²) in [5.74, 6) is 0.987. The van der Waals surface area contributed by atoms with Gasteiger partial charge in [-0.15, -0.1) is 0 Å². The number of ketones is 1. The van der Waals surface area contributed by atoms with Gasteiger partial charge in [0.15, 0.2) is 5.78 Å². The third kappa shape index (κ3) is 6.45. The van der Waals surface area contributed by atoms with Gasteiger partial charge >= 0.3 is 0 Å². The van der Waals surface area contributed by atoms with E-state index in [0.717, 1.165) is 38.5 Å². The number of nitrogens with zero attached hydrogens (tertiary/aromatic N) is 2. The summed E-state index contributed by atoms with van der Waals surface area (Å²) in [4.78, 5) is 28.9. The largest absolute Gasteiger partial charge is 0.497 e. The first-order valence-electron chi connectivity index (χ1n) is 9.46. The molecule has 26 heavy (non-hydrogen) atoms. The summed E-state index contributed by atoms with van der Waals surface area (Å²) in [7, 11) is 1.60. The van der Waals surface area contributed by atoms with Crippen molar-refractivity contribution in [1.29, 1.82) is 0 Å². The highest BCUT2D eigenvalue weighted by Crippen LogP contribution is 2.17. The van der Waals surface area contributed by atoms with Crippen molar-refractivity contribution in [2.24, 2.45) is 5.41 Å². The maximum Gasteiger partial charge on any atom is 0.222 e. The number of rotatable bonds is 7. The molecular weight excluding hydrogens is 328 g/mol. The minimum atomic E-state index is 0.0791. The molecule has 1 saturated heterocycles. The van der Waals surface area contributed by atoms with Gasteiger partial charge in [0, 0.05) is 51.1 Å². The Hall–Kier alpha value is -1.88. The van der Waals surface area contributed by atoms with E-state index >= 15 is 0 Å². The van der Waals surface area contributed by atoms with E-state index in [1.807, 2.05) is 4.90 Å². The molecule has 0 spiro atoms. The first-order valence-corrected chi connectivity index (χ1v) is 9.46. The first kappa shape index (κ1) is 20.4. The molecule has 0 radical (unpaired) electrons. The molecule has 5 heteroatoms. The van der Waals surface area contributed by atoms with Gasteiger partial charge in [-0.3, -0.25) is 14.5 Å². The van der Waals surface area contributed by atoms with Crippen LogP contribution >= 0.6 is 0 Å². The average Bonchev–Trinajstić information content (AvgIpc) is 2.61. The third-order valence-electron chi connectivity index (χ3n) is 4.63. The molecule has 0 atom stereocenters. The second-order valence-electron chi connectivity index (χ2n) is 8.22. The van der Waals surface area contributed by atoms with Crippen molar-refractivity contribution in [3.63, 3.8) is 0 Å². The fourth-order valence-electron chi connectivity index (χ4n) is 3.31. The molecule has 1 aromatic carbocycles. The Morgan fingerprint density at radius 1 is 1.00 bits per heavy atom. The predicted molar refractivity (Wildman–Crippen MR) is 104 cm³/mol. The Bertz CT molecular complexity index is 597. The van der Waals surface area contributed by atoms with Crippen LogP contribution in [-0.4, -0.2) is 61.3 Å². The van der Waals surface area contributed by atoms with Crippen LogP contribution in [0.25, 0.3) is 0 Å². The van der Waals surface area contributed by atoms with Crippen LogP contribution in [0.3, 0.4) is 0 Å². The Kier molecular flexibility index (Phi) is 7.21. The Morgan fingerprint density at radius 2 is 1.62 bits per heavy atom. The first-order chi connectivity index (χ1) is 12.3. The van der Waals surface area contributed by atoms with Crippen molar-refractivity contribution in [2.45, 2.75) is 40.0 Å². The summed E-state index contributed by atoms with van der Waals surface area (Å²) in [6, 6.07) is 7.12. The number of methoxy groups -OCH3 is 1. The van der Waals surface area contributed by atoms with Gasteiger partial charge in [0.1, 0.15) is 5.75 Å². The maximum atomic E-state index is 12.4. The summed E-state index contributed by atoms with van der Waals surface area (Å²) in [5.41, 5.74) is 0.961. The minimum absolute atomic E-state index is 0.0791. The van der Waals surface area contributed by atoms with Crippen LogP contribution in [0.4, 0.5) is 0 Å². The van der Waals surface area contributed by atoms with E-state index in [-0.39, 0.29) is 17.1 Å². The second-order valence-corrected chi connectivity index (χ2v) is 8.22. The van der Waals surface area contributed by atoms with Crippen molar-refractivity contribution >= 4 is 11.7 Å². The van der Waals surface area contributed by atoms with Crippen molar-refractivity contribution < 1.29 is 14.3 Å². The van der Waals surface area contributed by atoms with Gasteiger partial charge in [0.25, 0.3) is 0 Å². The molecule has 1 aromatic rings. The molecule has 0 N–H and O–H groups in total. The van der Waals surface area contributed by atoms with E-state index in [4.69, 9.17) is 4.74 Å². The van der Waals surface area contributed by atoms with Crippen LogP contribution in [0.2, 0.25) is 0 Å². The number of benzene rings is 1. The van der Waals surface area contributed by atoms with Gasteiger partial charge in [-0.05, 0) is 36.1 Å². The summed E-state index contributed by atoms with van der Waals surface area (Å²) in [5, 5.41) is 0. The lowest BCUT2D eigenvalue weighted by Gasteiger charge is -2.37. The molecule has 1 aliphatic rings. The standard InChI is InChI=1S/C21H32N2O3/c1-21(2,3)16-22-12-14-23(15-13-22)20(25)7-5-6-19(24)17-8-10-18(26-4)11-9-17/h8-11H,5-7,12-16H2,1-4H3. The fraction of sp³-hybridized carbons (Fsp3) is 0.619. The number of ether oxygens (including phenoxy) is 1. The fourth-order valence-corrected chi connectivity index (χ4v) is 3.31. The lowest BCUT2D eigenvalue weighted by molar-refractivity contribution is -0.133. The van der Waals surface area contributed by atoms with E-state index in [1.54, 1.807) is 31.4 Å². The molecule has 144 valence electrons. The zero-order chi connectivity index (χ0) is 19.2. The molecule has 0 saturated carbocycles. The van der Waals surface area contributed by atoms with Gasteiger partial charge in [-0.25, -0.2) is 0 Å². The van der Waals surface area contributed by atoms with Crippen molar-refractivity contribution in [3.8, 4) is 5.75 Å². The Labute approximate surface area is 157 Å². The number of Topliss-reactive ketones (excluding diaryl/α,β-unsaturated/α-hetero) is 1. The van der Waals surface area contributed by atoms with Crippen LogP contribution in [0.15, 0.2) is 24.3 Å².